The van der Waals surface area contributed by atoms with E-state index in [4.69, 9.17) is 0 Å². The van der Waals surface area contributed by atoms with Gasteiger partial charge in [-0.3, -0.25) is 19.4 Å². The van der Waals surface area contributed by atoms with Gasteiger partial charge in [-0.2, -0.15) is 0 Å². The van der Waals surface area contributed by atoms with Crippen molar-refractivity contribution in [2.75, 3.05) is 12.4 Å². The third kappa shape index (κ3) is 4.48. The van der Waals surface area contributed by atoms with E-state index >= 15 is 0 Å². The smallest absolute Gasteiger partial charge is 0.257 e. The lowest BCUT2D eigenvalue weighted by Gasteiger charge is -2.22. The summed E-state index contributed by atoms with van der Waals surface area (Å²) < 4.78 is 0. The van der Waals surface area contributed by atoms with Gasteiger partial charge in [-0.05, 0) is 49.2 Å². The number of pyridine rings is 1. The first-order valence-electron chi connectivity index (χ1n) is 9.26. The highest BCUT2D eigenvalue weighted by molar-refractivity contribution is 6.05. The lowest BCUT2D eigenvalue weighted by molar-refractivity contribution is -0.121. The number of carbonyl (C=O) groups is 4. The van der Waals surface area contributed by atoms with E-state index in [-0.39, 0.29) is 37.1 Å². The van der Waals surface area contributed by atoms with Crippen LogP contribution in [0.4, 0.5) is 5.69 Å². The van der Waals surface area contributed by atoms with Crippen molar-refractivity contribution in [3.63, 3.8) is 0 Å². The normalized spacial score (nSPS) is 13.6. The average molecular weight is 394 g/mol. The maximum Gasteiger partial charge on any atom is 0.257 e. The SMILES string of the molecule is CNC(=O)CCC(C=O)N1Cc2cc(NC(=O)c3ccc(C)nc3)ccc2C1=O. The highest BCUT2D eigenvalue weighted by Crippen LogP contribution is 2.28. The number of hydrogen-bond donors (Lipinski definition) is 2. The van der Waals surface area contributed by atoms with Crippen LogP contribution in [0.5, 0.6) is 0 Å². The molecule has 2 aromatic rings. The van der Waals surface area contributed by atoms with E-state index in [1.165, 1.54) is 18.1 Å². The average Bonchev–Trinajstić information content (AvgIpc) is 3.04. The molecule has 8 nitrogen and oxygen atoms in total. The Bertz CT molecular complexity index is 956. The molecule has 2 heterocycles. The number of anilines is 1. The van der Waals surface area contributed by atoms with Crippen LogP contribution in [0.1, 0.15) is 44.8 Å². The highest BCUT2D eigenvalue weighted by atomic mass is 16.2. The first-order chi connectivity index (χ1) is 13.9. The number of amides is 3. The van der Waals surface area contributed by atoms with Gasteiger partial charge in [0.1, 0.15) is 6.29 Å². The van der Waals surface area contributed by atoms with E-state index in [1.54, 1.807) is 30.3 Å². The molecule has 150 valence electrons. The summed E-state index contributed by atoms with van der Waals surface area (Å²) in [7, 11) is 1.53. The number of aromatic nitrogens is 1. The Morgan fingerprint density at radius 1 is 1.28 bits per heavy atom. The summed E-state index contributed by atoms with van der Waals surface area (Å²) in [4.78, 5) is 53.6. The summed E-state index contributed by atoms with van der Waals surface area (Å²) in [6.45, 7) is 2.09. The number of carbonyl (C=O) groups excluding carboxylic acids is 4. The maximum atomic E-state index is 12.7. The van der Waals surface area contributed by atoms with E-state index in [0.717, 1.165) is 11.3 Å². The van der Waals surface area contributed by atoms with Gasteiger partial charge in [0.2, 0.25) is 5.91 Å². The predicted octanol–water partition coefficient (Wildman–Crippen LogP) is 1.69. The molecule has 2 N–H and O–H groups in total. The van der Waals surface area contributed by atoms with Gasteiger partial charge in [0, 0.05) is 43.2 Å². The minimum absolute atomic E-state index is 0.159. The third-order valence-electron chi connectivity index (χ3n) is 4.87. The minimum atomic E-state index is -0.677. The summed E-state index contributed by atoms with van der Waals surface area (Å²) >= 11 is 0. The van der Waals surface area contributed by atoms with Crippen LogP contribution in [-0.2, 0) is 16.1 Å². The Hall–Kier alpha value is -3.55. The molecule has 1 aromatic carbocycles. The van der Waals surface area contributed by atoms with Crippen LogP contribution in [-0.4, -0.2) is 47.0 Å². The zero-order valence-electron chi connectivity index (χ0n) is 16.3. The van der Waals surface area contributed by atoms with Crippen molar-refractivity contribution >= 4 is 29.7 Å². The van der Waals surface area contributed by atoms with Crippen LogP contribution < -0.4 is 10.6 Å². The van der Waals surface area contributed by atoms with E-state index in [0.29, 0.717) is 23.1 Å². The van der Waals surface area contributed by atoms with Gasteiger partial charge in [0.25, 0.3) is 11.8 Å². The second-order valence-corrected chi connectivity index (χ2v) is 6.86. The fourth-order valence-electron chi connectivity index (χ4n) is 3.20. The molecular weight excluding hydrogens is 372 g/mol. The van der Waals surface area contributed by atoms with Crippen molar-refractivity contribution < 1.29 is 19.2 Å². The Morgan fingerprint density at radius 2 is 2.07 bits per heavy atom. The molecule has 1 atom stereocenters. The molecule has 0 saturated carbocycles. The summed E-state index contributed by atoms with van der Waals surface area (Å²) in [5.74, 6) is -0.735. The molecule has 8 heteroatoms. The van der Waals surface area contributed by atoms with Crippen LogP contribution in [0.3, 0.4) is 0 Å². The molecule has 1 aliphatic rings. The zero-order chi connectivity index (χ0) is 21.0. The Kier molecular flexibility index (Phi) is 6.01. The van der Waals surface area contributed by atoms with Gasteiger partial charge in [-0.1, -0.05) is 0 Å². The molecule has 0 radical (unpaired) electrons. The second kappa shape index (κ2) is 8.64. The van der Waals surface area contributed by atoms with E-state index in [9.17, 15) is 19.2 Å². The van der Waals surface area contributed by atoms with Gasteiger partial charge in [0.15, 0.2) is 0 Å². The highest BCUT2D eigenvalue weighted by Gasteiger charge is 2.32. The Balaban J connectivity index is 1.71. The van der Waals surface area contributed by atoms with Crippen LogP contribution in [0.2, 0.25) is 0 Å². The van der Waals surface area contributed by atoms with Crippen molar-refractivity contribution in [3.8, 4) is 0 Å². The molecule has 0 bridgehead atoms. The molecule has 0 saturated heterocycles. The number of aryl methyl sites for hydroxylation is 1. The predicted molar refractivity (Wildman–Crippen MR) is 106 cm³/mol. The molecule has 1 unspecified atom stereocenters. The van der Waals surface area contributed by atoms with Crippen molar-refractivity contribution in [1.29, 1.82) is 0 Å². The lowest BCUT2D eigenvalue weighted by Crippen LogP contribution is -2.37. The van der Waals surface area contributed by atoms with Crippen molar-refractivity contribution in [1.82, 2.24) is 15.2 Å². The van der Waals surface area contributed by atoms with Gasteiger partial charge in [-0.25, -0.2) is 0 Å². The molecule has 3 amide bonds. The zero-order valence-corrected chi connectivity index (χ0v) is 16.3. The molecule has 0 aliphatic carbocycles. The monoisotopic (exact) mass is 394 g/mol. The van der Waals surface area contributed by atoms with Gasteiger partial charge >= 0.3 is 0 Å². The maximum absolute atomic E-state index is 12.7. The first kappa shape index (κ1) is 20.2. The van der Waals surface area contributed by atoms with Gasteiger partial charge in [-0.15, -0.1) is 0 Å². The lowest BCUT2D eigenvalue weighted by atomic mass is 10.1. The molecule has 1 aliphatic heterocycles. The van der Waals surface area contributed by atoms with Crippen molar-refractivity contribution in [2.45, 2.75) is 32.4 Å². The van der Waals surface area contributed by atoms with Crippen LogP contribution in [0.25, 0.3) is 0 Å². The number of fused-ring (bicyclic) bond motifs is 1. The molecular formula is C21H22N4O4. The topological polar surface area (TPSA) is 108 Å². The molecule has 0 spiro atoms. The van der Waals surface area contributed by atoms with Crippen LogP contribution >= 0.6 is 0 Å². The van der Waals surface area contributed by atoms with Crippen LogP contribution in [0.15, 0.2) is 36.5 Å². The summed E-state index contributed by atoms with van der Waals surface area (Å²) in [6.07, 6.45) is 2.61. The van der Waals surface area contributed by atoms with Crippen molar-refractivity contribution in [3.05, 3.63) is 58.9 Å². The minimum Gasteiger partial charge on any atom is -0.359 e. The first-order valence-corrected chi connectivity index (χ1v) is 9.26. The fraction of sp³-hybridized carbons (Fsp3) is 0.286. The van der Waals surface area contributed by atoms with Gasteiger partial charge in [0.05, 0.1) is 11.6 Å². The number of nitrogens with zero attached hydrogens (tertiary/aromatic N) is 2. The third-order valence-corrected chi connectivity index (χ3v) is 4.87. The number of aldehydes is 1. The summed E-state index contributed by atoms with van der Waals surface area (Å²) in [6, 6.07) is 7.79. The number of rotatable bonds is 7. The largest absolute Gasteiger partial charge is 0.359 e. The second-order valence-electron chi connectivity index (χ2n) is 6.86. The fourth-order valence-corrected chi connectivity index (χ4v) is 3.20. The summed E-state index contributed by atoms with van der Waals surface area (Å²) in [5.41, 5.74) is 3.02. The van der Waals surface area contributed by atoms with E-state index in [2.05, 4.69) is 15.6 Å². The molecule has 29 heavy (non-hydrogen) atoms. The molecule has 3 rings (SSSR count). The number of nitrogens with one attached hydrogen (secondary N) is 2. The Labute approximate surface area is 168 Å². The van der Waals surface area contributed by atoms with Gasteiger partial charge < -0.3 is 20.3 Å². The molecule has 1 aromatic heterocycles. The van der Waals surface area contributed by atoms with E-state index in [1.807, 2.05) is 6.92 Å². The quantitative estimate of drug-likeness (QED) is 0.695. The Morgan fingerprint density at radius 3 is 2.72 bits per heavy atom. The number of hydrogen-bond acceptors (Lipinski definition) is 5. The van der Waals surface area contributed by atoms with Crippen molar-refractivity contribution in [2.24, 2.45) is 0 Å². The van der Waals surface area contributed by atoms with Crippen LogP contribution in [0, 0.1) is 6.92 Å². The van der Waals surface area contributed by atoms with E-state index < -0.39 is 6.04 Å². The standard InChI is InChI=1S/C21H22N4O4/c1-13-3-4-14(10-23-13)20(28)24-16-5-7-18-15(9-16)11-25(21(18)29)17(12-26)6-8-19(27)22-2/h3-5,7,9-10,12,17H,6,8,11H2,1-2H3,(H,22,27)(H,24,28). The molecule has 0 fully saturated rings. The summed E-state index contributed by atoms with van der Waals surface area (Å²) in [5, 5.41) is 5.30. The number of benzene rings is 1.